The molecule has 1 aliphatic heterocycles. The zero-order chi connectivity index (χ0) is 14.5. The monoisotopic (exact) mass is 282 g/mol. The second-order valence-corrected chi connectivity index (χ2v) is 4.62. The van der Waals surface area contributed by atoms with Crippen LogP contribution in [-0.2, 0) is 25.6 Å². The molecule has 6 nitrogen and oxygen atoms in total. The van der Waals surface area contributed by atoms with Gasteiger partial charge >= 0.3 is 5.97 Å². The lowest BCUT2D eigenvalue weighted by Gasteiger charge is -2.36. The summed E-state index contributed by atoms with van der Waals surface area (Å²) in [7, 11) is 0. The Morgan fingerprint density at radius 1 is 1.35 bits per heavy atom. The lowest BCUT2D eigenvalue weighted by molar-refractivity contribution is -0.268. The minimum Gasteiger partial charge on any atom is -0.454 e. The van der Waals surface area contributed by atoms with E-state index in [0.717, 1.165) is 5.56 Å². The van der Waals surface area contributed by atoms with E-state index in [1.54, 1.807) is 0 Å². The summed E-state index contributed by atoms with van der Waals surface area (Å²) in [5.74, 6) is -0.597. The zero-order valence-corrected chi connectivity index (χ0v) is 11.1. The highest BCUT2D eigenvalue weighted by Gasteiger charge is 2.41. The maximum Gasteiger partial charge on any atom is 0.303 e. The molecule has 0 unspecified atom stereocenters. The van der Waals surface area contributed by atoms with E-state index in [2.05, 4.69) is 0 Å². The van der Waals surface area contributed by atoms with Gasteiger partial charge in [0.05, 0.1) is 13.2 Å². The van der Waals surface area contributed by atoms with Crippen molar-refractivity contribution in [2.24, 2.45) is 0 Å². The van der Waals surface area contributed by atoms with E-state index in [0.29, 0.717) is 6.61 Å². The normalized spacial score (nSPS) is 29.9. The van der Waals surface area contributed by atoms with Crippen LogP contribution in [0.15, 0.2) is 30.3 Å². The number of rotatable bonds is 4. The summed E-state index contributed by atoms with van der Waals surface area (Å²) in [6.45, 7) is 1.54. The molecule has 1 fully saturated rings. The Morgan fingerprint density at radius 2 is 2.05 bits per heavy atom. The largest absolute Gasteiger partial charge is 0.454 e. The Kier molecular flexibility index (Phi) is 5.08. The maximum absolute atomic E-state index is 10.9. The predicted octanol–water partition coefficient (Wildman–Crippen LogP) is 0.213. The van der Waals surface area contributed by atoms with Crippen LogP contribution >= 0.6 is 0 Å². The molecule has 1 heterocycles. The van der Waals surface area contributed by atoms with Gasteiger partial charge in [-0.15, -0.1) is 0 Å². The van der Waals surface area contributed by atoms with Crippen LogP contribution in [0.25, 0.3) is 0 Å². The highest BCUT2D eigenvalue weighted by molar-refractivity contribution is 5.66. The van der Waals surface area contributed by atoms with Gasteiger partial charge in [0.25, 0.3) is 0 Å². The molecule has 110 valence electrons. The smallest absolute Gasteiger partial charge is 0.303 e. The van der Waals surface area contributed by atoms with Crippen LogP contribution in [-0.4, -0.2) is 47.4 Å². The van der Waals surface area contributed by atoms with Crippen LogP contribution in [0.5, 0.6) is 0 Å². The molecule has 1 aliphatic rings. The molecule has 0 aliphatic carbocycles. The van der Waals surface area contributed by atoms with Crippen molar-refractivity contribution >= 4 is 5.97 Å². The lowest BCUT2D eigenvalue weighted by Crippen LogP contribution is -2.55. The average Bonchev–Trinajstić information content (AvgIpc) is 2.43. The molecule has 0 aromatic heterocycles. The molecule has 6 heteroatoms. The van der Waals surface area contributed by atoms with E-state index in [1.165, 1.54) is 6.92 Å². The number of hydrogen-bond donors (Lipinski definition) is 2. The number of aliphatic hydroxyl groups is 2. The quantitative estimate of drug-likeness (QED) is 0.768. The van der Waals surface area contributed by atoms with E-state index in [9.17, 15) is 15.0 Å². The molecule has 2 N–H and O–H groups in total. The van der Waals surface area contributed by atoms with Gasteiger partial charge in [-0.3, -0.25) is 4.79 Å². The van der Waals surface area contributed by atoms with Crippen molar-refractivity contribution in [1.82, 2.24) is 0 Å². The highest BCUT2D eigenvalue weighted by atomic mass is 16.7. The van der Waals surface area contributed by atoms with Gasteiger partial charge in [0, 0.05) is 6.92 Å². The first-order valence-corrected chi connectivity index (χ1v) is 6.38. The number of carbonyl (C=O) groups excluding carboxylic acids is 1. The summed E-state index contributed by atoms with van der Waals surface area (Å²) in [6.07, 6.45) is -4.28. The van der Waals surface area contributed by atoms with Gasteiger partial charge in [0.2, 0.25) is 0 Å². The highest BCUT2D eigenvalue weighted by Crippen LogP contribution is 2.20. The average molecular weight is 282 g/mol. The number of aliphatic hydroxyl groups excluding tert-OH is 2. The molecule has 1 aromatic rings. The SMILES string of the molecule is CC(=O)O[C@@H]1[C@@H](O)[C@H](OCc2ccccc2)CO[C@H]1O. The Morgan fingerprint density at radius 3 is 2.70 bits per heavy atom. The van der Waals surface area contributed by atoms with Gasteiger partial charge in [0.15, 0.2) is 12.4 Å². The summed E-state index contributed by atoms with van der Waals surface area (Å²) in [6, 6.07) is 9.47. The molecule has 0 saturated carbocycles. The molecular formula is C14H18O6. The van der Waals surface area contributed by atoms with Crippen molar-refractivity contribution in [1.29, 1.82) is 0 Å². The summed E-state index contributed by atoms with van der Waals surface area (Å²) in [4.78, 5) is 10.9. The number of carbonyl (C=O) groups is 1. The second-order valence-electron chi connectivity index (χ2n) is 4.62. The number of hydrogen-bond acceptors (Lipinski definition) is 6. The first kappa shape index (κ1) is 14.9. The fraction of sp³-hybridized carbons (Fsp3) is 0.500. The van der Waals surface area contributed by atoms with Crippen LogP contribution in [0, 0.1) is 0 Å². The third kappa shape index (κ3) is 3.77. The molecule has 0 radical (unpaired) electrons. The van der Waals surface area contributed by atoms with E-state index >= 15 is 0 Å². The zero-order valence-electron chi connectivity index (χ0n) is 11.1. The molecule has 2 rings (SSSR count). The molecule has 0 bridgehead atoms. The maximum atomic E-state index is 10.9. The minimum atomic E-state index is -1.34. The van der Waals surface area contributed by atoms with Gasteiger partial charge in [-0.25, -0.2) is 0 Å². The van der Waals surface area contributed by atoms with Crippen LogP contribution < -0.4 is 0 Å². The predicted molar refractivity (Wildman–Crippen MR) is 68.5 cm³/mol. The summed E-state index contributed by atoms with van der Waals surface area (Å²) < 4.78 is 15.5. The van der Waals surface area contributed by atoms with E-state index in [-0.39, 0.29) is 6.61 Å². The second kappa shape index (κ2) is 6.81. The Balaban J connectivity index is 1.93. The Hall–Kier alpha value is -1.47. The molecular weight excluding hydrogens is 264 g/mol. The van der Waals surface area contributed by atoms with Crippen LogP contribution in [0.4, 0.5) is 0 Å². The standard InChI is InChI=1S/C14H18O6/c1-9(15)20-13-12(16)11(8-19-14(13)17)18-7-10-5-3-2-4-6-10/h2-6,11-14,16-17H,7-8H2,1H3/t11-,12+,13-,14-/m1/s1. The summed E-state index contributed by atoms with van der Waals surface area (Å²) >= 11 is 0. The Bertz CT molecular complexity index is 435. The lowest BCUT2D eigenvalue weighted by atomic mass is 10.0. The summed E-state index contributed by atoms with van der Waals surface area (Å²) in [5, 5.41) is 19.7. The molecule has 20 heavy (non-hydrogen) atoms. The number of ether oxygens (including phenoxy) is 3. The molecule has 1 aromatic carbocycles. The van der Waals surface area contributed by atoms with E-state index in [4.69, 9.17) is 14.2 Å². The van der Waals surface area contributed by atoms with Crippen molar-refractivity contribution in [3.05, 3.63) is 35.9 Å². The molecule has 0 amide bonds. The Labute approximate surface area is 116 Å². The van der Waals surface area contributed by atoms with Gasteiger partial charge in [-0.2, -0.15) is 0 Å². The van der Waals surface area contributed by atoms with Crippen LogP contribution in [0.3, 0.4) is 0 Å². The first-order valence-electron chi connectivity index (χ1n) is 6.38. The van der Waals surface area contributed by atoms with Crippen molar-refractivity contribution < 1.29 is 29.2 Å². The summed E-state index contributed by atoms with van der Waals surface area (Å²) in [5.41, 5.74) is 0.954. The molecule has 4 atom stereocenters. The van der Waals surface area contributed by atoms with Crippen molar-refractivity contribution in [3.8, 4) is 0 Å². The van der Waals surface area contributed by atoms with Crippen LogP contribution in [0.2, 0.25) is 0 Å². The number of esters is 1. The van der Waals surface area contributed by atoms with Gasteiger partial charge in [-0.1, -0.05) is 30.3 Å². The number of benzene rings is 1. The van der Waals surface area contributed by atoms with Gasteiger partial charge in [-0.05, 0) is 5.56 Å². The van der Waals surface area contributed by atoms with Crippen LogP contribution in [0.1, 0.15) is 12.5 Å². The van der Waals surface area contributed by atoms with Gasteiger partial charge < -0.3 is 24.4 Å². The minimum absolute atomic E-state index is 0.0347. The van der Waals surface area contributed by atoms with E-state index < -0.39 is 30.6 Å². The topological polar surface area (TPSA) is 85.2 Å². The fourth-order valence-corrected chi connectivity index (χ4v) is 2.01. The first-order chi connectivity index (χ1) is 9.58. The van der Waals surface area contributed by atoms with Gasteiger partial charge in [0.1, 0.15) is 12.2 Å². The third-order valence-electron chi connectivity index (χ3n) is 3.04. The molecule has 0 spiro atoms. The van der Waals surface area contributed by atoms with E-state index in [1.807, 2.05) is 30.3 Å². The molecule has 1 saturated heterocycles. The fourth-order valence-electron chi connectivity index (χ4n) is 2.01. The van der Waals surface area contributed by atoms with Crippen molar-refractivity contribution in [2.75, 3.05) is 6.61 Å². The van der Waals surface area contributed by atoms with Crippen molar-refractivity contribution in [2.45, 2.75) is 38.1 Å². The van der Waals surface area contributed by atoms with Crippen molar-refractivity contribution in [3.63, 3.8) is 0 Å². The third-order valence-corrected chi connectivity index (χ3v) is 3.04.